The second-order valence-electron chi connectivity index (χ2n) is 7.88. The highest BCUT2D eigenvalue weighted by atomic mass is 16.4. The van der Waals surface area contributed by atoms with E-state index in [9.17, 15) is 14.7 Å². The van der Waals surface area contributed by atoms with Gasteiger partial charge in [0.15, 0.2) is 0 Å². The number of carboxylic acids is 1. The van der Waals surface area contributed by atoms with Crippen molar-refractivity contribution in [3.63, 3.8) is 0 Å². The lowest BCUT2D eigenvalue weighted by Crippen LogP contribution is -2.40. The Labute approximate surface area is 168 Å². The fourth-order valence-corrected chi connectivity index (χ4v) is 4.11. The van der Waals surface area contributed by atoms with Gasteiger partial charge in [0.05, 0.1) is 30.6 Å². The summed E-state index contributed by atoms with van der Waals surface area (Å²) in [6.45, 7) is 7.16. The molecule has 3 heterocycles. The molecule has 7 heteroatoms. The molecule has 0 spiro atoms. The number of likely N-dealkylation sites (tertiary alicyclic amines) is 1. The second-order valence-corrected chi connectivity index (χ2v) is 7.88. The SMILES string of the molecule is Cc1cc2occ(CC(=O)N3CCC(n4ncc(C(=O)O)c4C)CC3)c2cc1C. The number of piperidine rings is 1. The number of carbonyl (C=O) groups is 2. The molecule has 1 saturated heterocycles. The molecule has 0 unspecified atom stereocenters. The quantitative estimate of drug-likeness (QED) is 0.728. The number of carbonyl (C=O) groups excluding carboxylic acids is 1. The van der Waals surface area contributed by atoms with Gasteiger partial charge in [0.25, 0.3) is 0 Å². The first kappa shape index (κ1) is 19.2. The summed E-state index contributed by atoms with van der Waals surface area (Å²) >= 11 is 0. The normalized spacial score (nSPS) is 15.2. The van der Waals surface area contributed by atoms with Crippen LogP contribution in [-0.2, 0) is 11.2 Å². The van der Waals surface area contributed by atoms with Crippen LogP contribution in [0.4, 0.5) is 0 Å². The third kappa shape index (κ3) is 3.52. The van der Waals surface area contributed by atoms with Crippen LogP contribution in [0, 0.1) is 20.8 Å². The molecule has 1 fully saturated rings. The maximum atomic E-state index is 12.8. The molecule has 0 atom stereocenters. The van der Waals surface area contributed by atoms with Gasteiger partial charge in [0.1, 0.15) is 11.1 Å². The summed E-state index contributed by atoms with van der Waals surface area (Å²) < 4.78 is 7.44. The zero-order valence-electron chi connectivity index (χ0n) is 16.9. The smallest absolute Gasteiger partial charge is 0.339 e. The number of fused-ring (bicyclic) bond motifs is 1. The average Bonchev–Trinajstić information content (AvgIpc) is 3.26. The summed E-state index contributed by atoms with van der Waals surface area (Å²) in [5.41, 5.74) is 5.00. The highest BCUT2D eigenvalue weighted by Crippen LogP contribution is 2.28. The van der Waals surface area contributed by atoms with Crippen molar-refractivity contribution in [2.24, 2.45) is 0 Å². The van der Waals surface area contributed by atoms with Crippen LogP contribution in [0.1, 0.15) is 51.6 Å². The molecule has 2 aromatic heterocycles. The van der Waals surface area contributed by atoms with E-state index in [1.165, 1.54) is 17.3 Å². The fourth-order valence-electron chi connectivity index (χ4n) is 4.11. The number of nitrogens with zero attached hydrogens (tertiary/aromatic N) is 3. The number of amides is 1. The second kappa shape index (κ2) is 7.39. The fraction of sp³-hybridized carbons (Fsp3) is 0.409. The number of aryl methyl sites for hydroxylation is 2. The molecule has 0 radical (unpaired) electrons. The minimum Gasteiger partial charge on any atom is -0.478 e. The lowest BCUT2D eigenvalue weighted by Gasteiger charge is -2.32. The van der Waals surface area contributed by atoms with Crippen molar-refractivity contribution < 1.29 is 19.1 Å². The minimum absolute atomic E-state index is 0.0905. The first-order valence-electron chi connectivity index (χ1n) is 9.87. The summed E-state index contributed by atoms with van der Waals surface area (Å²) in [4.78, 5) is 26.0. The summed E-state index contributed by atoms with van der Waals surface area (Å²) in [5, 5.41) is 14.5. The van der Waals surface area contributed by atoms with Gasteiger partial charge < -0.3 is 14.4 Å². The summed E-state index contributed by atoms with van der Waals surface area (Å²) in [5.74, 6) is -0.869. The Balaban J connectivity index is 1.42. The Morgan fingerprint density at radius 3 is 2.52 bits per heavy atom. The Hall–Kier alpha value is -3.09. The maximum absolute atomic E-state index is 12.8. The summed E-state index contributed by atoms with van der Waals surface area (Å²) in [7, 11) is 0. The van der Waals surface area contributed by atoms with Crippen molar-refractivity contribution >= 4 is 22.8 Å². The number of furan rings is 1. The van der Waals surface area contributed by atoms with Gasteiger partial charge in [-0.15, -0.1) is 0 Å². The Morgan fingerprint density at radius 2 is 1.86 bits per heavy atom. The molecule has 1 aliphatic heterocycles. The van der Waals surface area contributed by atoms with Gasteiger partial charge in [-0.3, -0.25) is 9.48 Å². The van der Waals surface area contributed by atoms with Gasteiger partial charge in [-0.25, -0.2) is 4.79 Å². The van der Waals surface area contributed by atoms with Crippen molar-refractivity contribution in [2.45, 2.75) is 46.1 Å². The lowest BCUT2D eigenvalue weighted by molar-refractivity contribution is -0.131. The van der Waals surface area contributed by atoms with Crippen LogP contribution in [0.25, 0.3) is 11.0 Å². The van der Waals surface area contributed by atoms with Crippen LogP contribution in [0.5, 0.6) is 0 Å². The van der Waals surface area contributed by atoms with E-state index in [1.54, 1.807) is 17.9 Å². The first-order chi connectivity index (χ1) is 13.8. The number of benzene rings is 1. The summed E-state index contributed by atoms with van der Waals surface area (Å²) in [6.07, 6.45) is 4.94. The van der Waals surface area contributed by atoms with Gasteiger partial charge >= 0.3 is 5.97 Å². The first-order valence-corrected chi connectivity index (χ1v) is 9.87. The molecule has 3 aromatic rings. The lowest BCUT2D eigenvalue weighted by atomic mass is 10.0. The predicted octanol–water partition coefficient (Wildman–Crippen LogP) is 3.66. The molecule has 1 amide bonds. The van der Waals surface area contributed by atoms with E-state index < -0.39 is 5.97 Å². The van der Waals surface area contributed by atoms with Gasteiger partial charge in [0.2, 0.25) is 5.91 Å². The third-order valence-electron chi connectivity index (χ3n) is 6.05. The molecular formula is C22H25N3O4. The van der Waals surface area contributed by atoms with E-state index in [-0.39, 0.29) is 17.5 Å². The van der Waals surface area contributed by atoms with Crippen molar-refractivity contribution in [2.75, 3.05) is 13.1 Å². The molecule has 0 bridgehead atoms. The molecule has 4 rings (SSSR count). The standard InChI is InChI=1S/C22H25N3O4/c1-13-8-18-16(12-29-20(18)9-14(13)2)10-21(26)24-6-4-17(5-7-24)25-15(3)19(11-23-25)22(27)28/h8-9,11-12,17H,4-7,10H2,1-3H3,(H,27,28). The number of hydrogen-bond donors (Lipinski definition) is 1. The van der Waals surface area contributed by atoms with Crippen LogP contribution < -0.4 is 0 Å². The van der Waals surface area contributed by atoms with Gasteiger partial charge in [-0.2, -0.15) is 5.10 Å². The third-order valence-corrected chi connectivity index (χ3v) is 6.05. The van der Waals surface area contributed by atoms with Crippen LogP contribution in [0.3, 0.4) is 0 Å². The Kier molecular flexibility index (Phi) is 4.90. The molecule has 1 aliphatic rings. The number of hydrogen-bond acceptors (Lipinski definition) is 4. The zero-order valence-corrected chi connectivity index (χ0v) is 16.9. The molecule has 0 saturated carbocycles. The molecule has 0 aliphatic carbocycles. The van der Waals surface area contributed by atoms with Gasteiger partial charge in [-0.1, -0.05) is 0 Å². The van der Waals surface area contributed by atoms with Gasteiger partial charge in [0, 0.05) is 24.0 Å². The molecular weight excluding hydrogens is 370 g/mol. The van der Waals surface area contributed by atoms with Crippen LogP contribution in [0.15, 0.2) is 29.0 Å². The number of carboxylic acid groups (broad SMARTS) is 1. The molecule has 29 heavy (non-hydrogen) atoms. The predicted molar refractivity (Wildman–Crippen MR) is 108 cm³/mol. The Bertz CT molecular complexity index is 1090. The van der Waals surface area contributed by atoms with Crippen molar-refractivity contribution in [1.29, 1.82) is 0 Å². The van der Waals surface area contributed by atoms with Crippen LogP contribution >= 0.6 is 0 Å². The molecule has 7 nitrogen and oxygen atoms in total. The highest BCUT2D eigenvalue weighted by molar-refractivity contribution is 5.89. The van der Waals surface area contributed by atoms with Crippen LogP contribution in [0.2, 0.25) is 0 Å². The Morgan fingerprint density at radius 1 is 1.17 bits per heavy atom. The largest absolute Gasteiger partial charge is 0.478 e. The van der Waals surface area contributed by atoms with Crippen molar-refractivity contribution in [3.05, 3.63) is 52.5 Å². The molecule has 1 aromatic carbocycles. The van der Waals surface area contributed by atoms with Crippen LogP contribution in [-0.4, -0.2) is 44.8 Å². The molecule has 1 N–H and O–H groups in total. The maximum Gasteiger partial charge on any atom is 0.339 e. The number of aromatic nitrogens is 2. The monoisotopic (exact) mass is 395 g/mol. The van der Waals surface area contributed by atoms with Gasteiger partial charge in [-0.05, 0) is 56.9 Å². The van der Waals surface area contributed by atoms with E-state index >= 15 is 0 Å². The zero-order chi connectivity index (χ0) is 20.7. The summed E-state index contributed by atoms with van der Waals surface area (Å²) in [6, 6.07) is 4.22. The minimum atomic E-state index is -0.959. The van der Waals surface area contributed by atoms with E-state index in [2.05, 4.69) is 18.1 Å². The van der Waals surface area contributed by atoms with E-state index in [4.69, 9.17) is 4.42 Å². The number of rotatable bonds is 4. The van der Waals surface area contributed by atoms with Crippen molar-refractivity contribution in [3.8, 4) is 0 Å². The van der Waals surface area contributed by atoms with E-state index in [0.29, 0.717) is 25.2 Å². The highest BCUT2D eigenvalue weighted by Gasteiger charge is 2.27. The van der Waals surface area contributed by atoms with E-state index in [1.807, 2.05) is 17.9 Å². The van der Waals surface area contributed by atoms with E-state index in [0.717, 1.165) is 29.4 Å². The molecule has 152 valence electrons. The van der Waals surface area contributed by atoms with Crippen molar-refractivity contribution in [1.82, 2.24) is 14.7 Å². The number of aromatic carboxylic acids is 1. The topological polar surface area (TPSA) is 88.6 Å². The average molecular weight is 395 g/mol.